The van der Waals surface area contributed by atoms with E-state index in [2.05, 4.69) is 26.5 Å². The molecule has 0 saturated carbocycles. The lowest BCUT2D eigenvalue weighted by molar-refractivity contribution is -0.140. The van der Waals surface area contributed by atoms with Crippen LogP contribution in [0.3, 0.4) is 0 Å². The molecule has 2 nitrogen and oxygen atoms in total. The Morgan fingerprint density at radius 2 is 1.73 bits per heavy atom. The van der Waals surface area contributed by atoms with Gasteiger partial charge in [0.15, 0.2) is 0 Å². The molecule has 0 bridgehead atoms. The molecular formula is C12H24O2S. The van der Waals surface area contributed by atoms with Gasteiger partial charge in [0.25, 0.3) is 0 Å². The number of hydrogen-bond acceptors (Lipinski definition) is 3. The van der Waals surface area contributed by atoms with Crippen molar-refractivity contribution in [1.82, 2.24) is 0 Å². The molecule has 0 fully saturated rings. The Balaban J connectivity index is 3.02. The highest BCUT2D eigenvalue weighted by Crippen LogP contribution is 2.10. The van der Waals surface area contributed by atoms with Crippen molar-refractivity contribution in [1.29, 1.82) is 0 Å². The summed E-state index contributed by atoms with van der Waals surface area (Å²) in [7, 11) is 0. The summed E-state index contributed by atoms with van der Waals surface area (Å²) in [5.74, 6) is 0.800. The Morgan fingerprint density at radius 1 is 1.13 bits per heavy atom. The van der Waals surface area contributed by atoms with Gasteiger partial charge in [-0.25, -0.2) is 0 Å². The Morgan fingerprint density at radius 3 is 2.33 bits per heavy atom. The van der Waals surface area contributed by atoms with Crippen LogP contribution in [-0.4, -0.2) is 18.3 Å². The van der Waals surface area contributed by atoms with Crippen LogP contribution >= 0.6 is 12.6 Å². The van der Waals surface area contributed by atoms with Crippen LogP contribution in [0.15, 0.2) is 0 Å². The molecule has 0 spiro atoms. The monoisotopic (exact) mass is 232 g/mol. The highest BCUT2D eigenvalue weighted by molar-refractivity contribution is 7.81. The maximum absolute atomic E-state index is 10.7. The maximum Gasteiger partial charge on any atom is 0.315 e. The summed E-state index contributed by atoms with van der Waals surface area (Å²) in [5, 5.41) is 0. The second kappa shape index (κ2) is 10.3. The Hall–Kier alpha value is -0.180. The zero-order chi connectivity index (χ0) is 11.5. The standard InChI is InChI=1S/C12H24O2S/c1-11(2)8-6-4-3-5-7-9-14-12(13)10-15/h11,15H,3-10H2,1-2H3. The average Bonchev–Trinajstić information content (AvgIpc) is 2.21. The minimum absolute atomic E-state index is 0.189. The van der Waals surface area contributed by atoms with Gasteiger partial charge in [-0.2, -0.15) is 12.6 Å². The van der Waals surface area contributed by atoms with Gasteiger partial charge in [-0.05, 0) is 12.3 Å². The first-order valence-corrected chi connectivity index (χ1v) is 6.56. The zero-order valence-corrected chi connectivity index (χ0v) is 10.9. The van der Waals surface area contributed by atoms with E-state index < -0.39 is 0 Å². The Bertz CT molecular complexity index is 158. The third-order valence-electron chi connectivity index (χ3n) is 2.32. The first-order valence-electron chi connectivity index (χ1n) is 5.93. The van der Waals surface area contributed by atoms with Crippen LogP contribution in [0.25, 0.3) is 0 Å². The van der Waals surface area contributed by atoms with Gasteiger partial charge in [0.2, 0.25) is 0 Å². The van der Waals surface area contributed by atoms with Gasteiger partial charge >= 0.3 is 5.97 Å². The van der Waals surface area contributed by atoms with Gasteiger partial charge in [0.05, 0.1) is 12.4 Å². The van der Waals surface area contributed by atoms with Crippen LogP contribution in [0, 0.1) is 5.92 Å². The summed E-state index contributed by atoms with van der Waals surface area (Å²) in [6.45, 7) is 5.08. The first kappa shape index (κ1) is 14.8. The van der Waals surface area contributed by atoms with Crippen molar-refractivity contribution in [3.8, 4) is 0 Å². The predicted octanol–water partition coefficient (Wildman–Crippen LogP) is 3.46. The van der Waals surface area contributed by atoms with E-state index in [1.165, 1.54) is 25.7 Å². The van der Waals surface area contributed by atoms with Gasteiger partial charge in [-0.3, -0.25) is 4.79 Å². The molecular weight excluding hydrogens is 208 g/mol. The van der Waals surface area contributed by atoms with Crippen molar-refractivity contribution in [2.24, 2.45) is 5.92 Å². The van der Waals surface area contributed by atoms with E-state index in [1.54, 1.807) is 0 Å². The first-order chi connectivity index (χ1) is 7.16. The quantitative estimate of drug-likeness (QED) is 0.374. The van der Waals surface area contributed by atoms with Gasteiger partial charge in [0.1, 0.15) is 0 Å². The van der Waals surface area contributed by atoms with E-state index >= 15 is 0 Å². The minimum atomic E-state index is -0.210. The lowest BCUT2D eigenvalue weighted by Gasteiger charge is -2.04. The second-order valence-corrected chi connectivity index (χ2v) is 4.65. The largest absolute Gasteiger partial charge is 0.465 e. The van der Waals surface area contributed by atoms with E-state index in [0.29, 0.717) is 6.61 Å². The molecule has 0 unspecified atom stereocenters. The lowest BCUT2D eigenvalue weighted by Crippen LogP contribution is -2.06. The van der Waals surface area contributed by atoms with Crippen LogP contribution in [-0.2, 0) is 9.53 Å². The summed E-state index contributed by atoms with van der Waals surface area (Å²) in [6.07, 6.45) is 7.37. The van der Waals surface area contributed by atoms with Crippen LogP contribution in [0.4, 0.5) is 0 Å². The Labute approximate surface area is 99.2 Å². The van der Waals surface area contributed by atoms with Crippen LogP contribution in [0.1, 0.15) is 52.4 Å². The number of ether oxygens (including phenoxy) is 1. The van der Waals surface area contributed by atoms with Crippen molar-refractivity contribution < 1.29 is 9.53 Å². The summed E-state index contributed by atoms with van der Waals surface area (Å²) in [5.41, 5.74) is 0. The van der Waals surface area contributed by atoms with E-state index in [9.17, 15) is 4.79 Å². The highest BCUT2D eigenvalue weighted by Gasteiger charge is 1.98. The molecule has 0 N–H and O–H groups in total. The van der Waals surface area contributed by atoms with Crippen molar-refractivity contribution in [3.05, 3.63) is 0 Å². The molecule has 0 aliphatic rings. The average molecular weight is 232 g/mol. The third kappa shape index (κ3) is 11.7. The van der Waals surface area contributed by atoms with E-state index in [4.69, 9.17) is 4.74 Å². The molecule has 3 heteroatoms. The van der Waals surface area contributed by atoms with Crippen molar-refractivity contribution in [3.63, 3.8) is 0 Å². The van der Waals surface area contributed by atoms with Gasteiger partial charge in [-0.15, -0.1) is 0 Å². The summed E-state index contributed by atoms with van der Waals surface area (Å²) < 4.78 is 4.92. The molecule has 0 rings (SSSR count). The third-order valence-corrected chi connectivity index (χ3v) is 2.58. The number of thiol groups is 1. The molecule has 0 atom stereocenters. The van der Waals surface area contributed by atoms with Crippen LogP contribution in [0.5, 0.6) is 0 Å². The molecule has 0 aromatic carbocycles. The highest BCUT2D eigenvalue weighted by atomic mass is 32.1. The second-order valence-electron chi connectivity index (χ2n) is 4.33. The topological polar surface area (TPSA) is 26.3 Å². The van der Waals surface area contributed by atoms with Crippen molar-refractivity contribution in [2.45, 2.75) is 52.4 Å². The molecule has 0 amide bonds. The van der Waals surface area contributed by atoms with Gasteiger partial charge in [-0.1, -0.05) is 46.0 Å². The fourth-order valence-electron chi connectivity index (χ4n) is 1.42. The SMILES string of the molecule is CC(C)CCCCCCCOC(=O)CS. The lowest BCUT2D eigenvalue weighted by atomic mass is 10.0. The minimum Gasteiger partial charge on any atom is -0.465 e. The number of esters is 1. The van der Waals surface area contributed by atoms with Crippen LogP contribution in [0.2, 0.25) is 0 Å². The fourth-order valence-corrected chi connectivity index (χ4v) is 1.51. The van der Waals surface area contributed by atoms with Crippen molar-refractivity contribution >= 4 is 18.6 Å². The summed E-state index contributed by atoms with van der Waals surface area (Å²) in [6, 6.07) is 0. The molecule has 0 aromatic heterocycles. The van der Waals surface area contributed by atoms with Gasteiger partial charge in [0, 0.05) is 0 Å². The van der Waals surface area contributed by atoms with E-state index in [-0.39, 0.29) is 11.7 Å². The number of unbranched alkanes of at least 4 members (excludes halogenated alkanes) is 4. The van der Waals surface area contributed by atoms with Gasteiger partial charge < -0.3 is 4.74 Å². The number of hydrogen-bond donors (Lipinski definition) is 1. The summed E-state index contributed by atoms with van der Waals surface area (Å²) >= 11 is 3.83. The zero-order valence-electron chi connectivity index (χ0n) is 10.00. The molecule has 0 saturated heterocycles. The number of carbonyl (C=O) groups is 1. The predicted molar refractivity (Wildman–Crippen MR) is 67.4 cm³/mol. The number of rotatable bonds is 9. The van der Waals surface area contributed by atoms with E-state index in [1.807, 2.05) is 0 Å². The molecule has 0 aliphatic heterocycles. The Kier molecular flexibility index (Phi) is 10.2. The molecule has 0 radical (unpaired) electrons. The number of carbonyl (C=O) groups excluding carboxylic acids is 1. The van der Waals surface area contributed by atoms with Crippen LogP contribution < -0.4 is 0 Å². The molecule has 0 aliphatic carbocycles. The molecule has 90 valence electrons. The van der Waals surface area contributed by atoms with E-state index in [0.717, 1.165) is 18.8 Å². The summed E-state index contributed by atoms with van der Waals surface area (Å²) in [4.78, 5) is 10.7. The maximum atomic E-state index is 10.7. The molecule has 0 aromatic rings. The molecule has 15 heavy (non-hydrogen) atoms. The fraction of sp³-hybridized carbons (Fsp3) is 0.917. The molecule has 0 heterocycles. The smallest absolute Gasteiger partial charge is 0.315 e. The normalized spacial score (nSPS) is 10.7. The van der Waals surface area contributed by atoms with Crippen molar-refractivity contribution in [2.75, 3.05) is 12.4 Å².